The summed E-state index contributed by atoms with van der Waals surface area (Å²) in [4.78, 5) is 3.84. The van der Waals surface area contributed by atoms with E-state index in [2.05, 4.69) is 4.98 Å². The third-order valence-electron chi connectivity index (χ3n) is 2.38. The molecule has 0 bridgehead atoms. The molecule has 1 heterocycles. The van der Waals surface area contributed by atoms with E-state index in [0.29, 0.717) is 11.3 Å². The maximum atomic E-state index is 13.7. The third-order valence-corrected chi connectivity index (χ3v) is 2.38. The first kappa shape index (κ1) is 10.8. The number of nitrogens with zero attached hydrogens (tertiary/aromatic N) is 2. The maximum Gasteiger partial charge on any atom is 0.147 e. The molecule has 2 aromatic rings. The molecule has 0 saturated heterocycles. The summed E-state index contributed by atoms with van der Waals surface area (Å²) in [6, 6.07) is 4.09. The van der Waals surface area contributed by atoms with Gasteiger partial charge < -0.3 is 15.4 Å². The number of hydrogen-bond donors (Lipinski definition) is 2. The van der Waals surface area contributed by atoms with Crippen molar-refractivity contribution in [2.75, 3.05) is 6.61 Å². The Balaban J connectivity index is 2.37. The van der Waals surface area contributed by atoms with E-state index in [9.17, 15) is 4.39 Å². The third kappa shape index (κ3) is 1.95. The van der Waals surface area contributed by atoms with E-state index in [1.165, 1.54) is 12.4 Å². The molecule has 0 fully saturated rings. The molecular weight excluding hydrogens is 209 g/mol. The Morgan fingerprint density at radius 3 is 2.88 bits per heavy atom. The predicted molar refractivity (Wildman–Crippen MR) is 57.5 cm³/mol. The predicted octanol–water partition coefficient (Wildman–Crippen LogP) is 1.00. The van der Waals surface area contributed by atoms with Crippen molar-refractivity contribution in [2.45, 2.75) is 6.04 Å². The number of aliphatic hydroxyl groups is 1. The van der Waals surface area contributed by atoms with Gasteiger partial charge in [-0.3, -0.25) is 0 Å². The van der Waals surface area contributed by atoms with Gasteiger partial charge in [-0.2, -0.15) is 0 Å². The van der Waals surface area contributed by atoms with Crippen molar-refractivity contribution in [3.63, 3.8) is 0 Å². The molecule has 0 spiro atoms. The lowest BCUT2D eigenvalue weighted by Crippen LogP contribution is -2.14. The summed E-state index contributed by atoms with van der Waals surface area (Å²) < 4.78 is 15.3. The Hall–Kier alpha value is -1.72. The molecule has 0 aliphatic carbocycles. The van der Waals surface area contributed by atoms with Crippen LogP contribution in [0, 0.1) is 5.82 Å². The number of nitrogens with two attached hydrogens (primary N) is 1. The summed E-state index contributed by atoms with van der Waals surface area (Å²) in [6.07, 6.45) is 4.75. The van der Waals surface area contributed by atoms with Gasteiger partial charge in [0.05, 0.1) is 24.7 Å². The van der Waals surface area contributed by atoms with Gasteiger partial charge in [0.25, 0.3) is 0 Å². The van der Waals surface area contributed by atoms with Crippen LogP contribution >= 0.6 is 0 Å². The Bertz CT molecular complexity index is 470. The van der Waals surface area contributed by atoms with Gasteiger partial charge in [-0.25, -0.2) is 9.37 Å². The van der Waals surface area contributed by atoms with E-state index in [-0.39, 0.29) is 12.4 Å². The molecular formula is C11H12FN3O. The van der Waals surface area contributed by atoms with Crippen LogP contribution in [0.1, 0.15) is 11.6 Å². The van der Waals surface area contributed by atoms with Crippen molar-refractivity contribution in [3.05, 3.63) is 48.3 Å². The topological polar surface area (TPSA) is 64.1 Å². The van der Waals surface area contributed by atoms with E-state index in [1.54, 1.807) is 29.1 Å². The zero-order valence-corrected chi connectivity index (χ0v) is 8.55. The lowest BCUT2D eigenvalue weighted by molar-refractivity contribution is 0.268. The fourth-order valence-electron chi connectivity index (χ4n) is 1.47. The SMILES string of the molecule is NC(CO)c1ccc(-n2ccnc2)c(F)c1. The van der Waals surface area contributed by atoms with Crippen molar-refractivity contribution >= 4 is 0 Å². The molecule has 16 heavy (non-hydrogen) atoms. The van der Waals surface area contributed by atoms with Crippen LogP contribution in [0.3, 0.4) is 0 Å². The zero-order chi connectivity index (χ0) is 11.5. The molecule has 1 atom stereocenters. The summed E-state index contributed by atoms with van der Waals surface area (Å²) in [5, 5.41) is 8.87. The molecule has 0 aliphatic heterocycles. The number of aliphatic hydroxyl groups excluding tert-OH is 1. The average molecular weight is 221 g/mol. The Morgan fingerprint density at radius 2 is 2.31 bits per heavy atom. The van der Waals surface area contributed by atoms with Gasteiger partial charge in [-0.15, -0.1) is 0 Å². The van der Waals surface area contributed by atoms with Crippen LogP contribution in [0.2, 0.25) is 0 Å². The van der Waals surface area contributed by atoms with Crippen molar-refractivity contribution < 1.29 is 9.50 Å². The van der Waals surface area contributed by atoms with Gasteiger partial charge in [-0.05, 0) is 17.7 Å². The van der Waals surface area contributed by atoms with E-state index in [4.69, 9.17) is 10.8 Å². The van der Waals surface area contributed by atoms with Crippen molar-refractivity contribution in [1.29, 1.82) is 0 Å². The highest BCUT2D eigenvalue weighted by molar-refractivity contribution is 5.37. The smallest absolute Gasteiger partial charge is 0.147 e. The lowest BCUT2D eigenvalue weighted by atomic mass is 10.1. The number of rotatable bonds is 3. The number of hydrogen-bond acceptors (Lipinski definition) is 3. The molecule has 1 unspecified atom stereocenters. The van der Waals surface area contributed by atoms with Crippen molar-refractivity contribution in [2.24, 2.45) is 5.73 Å². The summed E-state index contributed by atoms with van der Waals surface area (Å²) in [5.74, 6) is -0.389. The quantitative estimate of drug-likeness (QED) is 0.812. The van der Waals surface area contributed by atoms with Crippen LogP contribution in [-0.4, -0.2) is 21.3 Å². The van der Waals surface area contributed by atoms with Gasteiger partial charge in [-0.1, -0.05) is 6.07 Å². The molecule has 84 valence electrons. The Labute approximate surface area is 92.2 Å². The van der Waals surface area contributed by atoms with Gasteiger partial charge in [0.15, 0.2) is 0 Å². The number of imidazole rings is 1. The standard InChI is InChI=1S/C11H12FN3O/c12-9-5-8(10(13)6-16)1-2-11(9)15-4-3-14-7-15/h1-5,7,10,16H,6,13H2. The first-order valence-corrected chi connectivity index (χ1v) is 4.86. The summed E-state index contributed by atoms with van der Waals surface area (Å²) >= 11 is 0. The van der Waals surface area contributed by atoms with Crippen molar-refractivity contribution in [1.82, 2.24) is 9.55 Å². The van der Waals surface area contributed by atoms with Gasteiger partial charge in [0, 0.05) is 12.4 Å². The van der Waals surface area contributed by atoms with E-state index >= 15 is 0 Å². The highest BCUT2D eigenvalue weighted by Crippen LogP contribution is 2.18. The molecule has 0 radical (unpaired) electrons. The first-order valence-electron chi connectivity index (χ1n) is 4.86. The van der Waals surface area contributed by atoms with Crippen LogP contribution < -0.4 is 5.73 Å². The molecule has 0 saturated carbocycles. The molecule has 0 aliphatic rings. The van der Waals surface area contributed by atoms with E-state index in [0.717, 1.165) is 0 Å². The van der Waals surface area contributed by atoms with Gasteiger partial charge in [0.1, 0.15) is 5.82 Å². The zero-order valence-electron chi connectivity index (χ0n) is 8.55. The molecule has 5 heteroatoms. The molecule has 1 aromatic heterocycles. The fraction of sp³-hybridized carbons (Fsp3) is 0.182. The van der Waals surface area contributed by atoms with Gasteiger partial charge in [0.2, 0.25) is 0 Å². The number of halogens is 1. The largest absolute Gasteiger partial charge is 0.394 e. The van der Waals surface area contributed by atoms with Crippen LogP contribution in [-0.2, 0) is 0 Å². The minimum Gasteiger partial charge on any atom is -0.394 e. The summed E-state index contributed by atoms with van der Waals surface area (Å²) in [7, 11) is 0. The van der Waals surface area contributed by atoms with E-state index in [1.807, 2.05) is 0 Å². The normalized spacial score (nSPS) is 12.7. The van der Waals surface area contributed by atoms with E-state index < -0.39 is 6.04 Å². The molecule has 1 aromatic carbocycles. The van der Waals surface area contributed by atoms with Crippen molar-refractivity contribution in [3.8, 4) is 5.69 Å². The second-order valence-corrected chi connectivity index (χ2v) is 3.47. The minimum absolute atomic E-state index is 0.205. The number of benzene rings is 1. The second-order valence-electron chi connectivity index (χ2n) is 3.47. The van der Waals surface area contributed by atoms with Crippen LogP contribution in [0.15, 0.2) is 36.9 Å². The van der Waals surface area contributed by atoms with Crippen LogP contribution in [0.5, 0.6) is 0 Å². The molecule has 2 rings (SSSR count). The molecule has 3 N–H and O–H groups in total. The molecule has 4 nitrogen and oxygen atoms in total. The summed E-state index contributed by atoms with van der Waals surface area (Å²) in [5.41, 5.74) is 6.58. The number of aromatic nitrogens is 2. The van der Waals surface area contributed by atoms with Gasteiger partial charge >= 0.3 is 0 Å². The monoisotopic (exact) mass is 221 g/mol. The first-order chi connectivity index (χ1) is 7.72. The minimum atomic E-state index is -0.550. The highest BCUT2D eigenvalue weighted by atomic mass is 19.1. The average Bonchev–Trinajstić information content (AvgIpc) is 2.81. The van der Waals surface area contributed by atoms with Crippen LogP contribution in [0.4, 0.5) is 4.39 Å². The highest BCUT2D eigenvalue weighted by Gasteiger charge is 2.09. The maximum absolute atomic E-state index is 13.7. The lowest BCUT2D eigenvalue weighted by Gasteiger charge is -2.10. The summed E-state index contributed by atoms with van der Waals surface area (Å²) in [6.45, 7) is -0.205. The Kier molecular flexibility index (Phi) is 2.98. The van der Waals surface area contributed by atoms with Crippen LogP contribution in [0.25, 0.3) is 5.69 Å². The molecule has 0 amide bonds. The fourth-order valence-corrected chi connectivity index (χ4v) is 1.47. The second kappa shape index (κ2) is 4.42. The Morgan fingerprint density at radius 1 is 1.50 bits per heavy atom.